The molecule has 0 amide bonds. The van der Waals surface area contributed by atoms with E-state index in [0.29, 0.717) is 6.54 Å². The Morgan fingerprint density at radius 2 is 1.87 bits per heavy atom. The van der Waals surface area contributed by atoms with E-state index in [0.717, 1.165) is 17.1 Å². The van der Waals surface area contributed by atoms with Gasteiger partial charge in [-0.25, -0.2) is 9.97 Å². The molecule has 3 rings (SSSR count). The Hall–Kier alpha value is -2.53. The molecule has 0 unspecified atom stereocenters. The predicted molar refractivity (Wildman–Crippen MR) is 90.7 cm³/mol. The van der Waals surface area contributed by atoms with Gasteiger partial charge in [0, 0.05) is 36.7 Å². The number of nitrogens with zero attached hydrogens (tertiary/aromatic N) is 4. The van der Waals surface area contributed by atoms with Gasteiger partial charge in [0.05, 0.1) is 11.7 Å². The molecule has 0 saturated heterocycles. The van der Waals surface area contributed by atoms with Crippen LogP contribution < -0.4 is 5.32 Å². The molecule has 5 heteroatoms. The van der Waals surface area contributed by atoms with Crippen LogP contribution in [0, 0.1) is 0 Å². The Kier molecular flexibility index (Phi) is 4.78. The van der Waals surface area contributed by atoms with Gasteiger partial charge in [0.2, 0.25) is 0 Å². The van der Waals surface area contributed by atoms with E-state index in [2.05, 4.69) is 34.2 Å². The maximum atomic E-state index is 4.64. The fourth-order valence-electron chi connectivity index (χ4n) is 2.41. The zero-order chi connectivity index (χ0) is 16.1. The summed E-state index contributed by atoms with van der Waals surface area (Å²) in [5, 5.41) is 7.81. The van der Waals surface area contributed by atoms with Gasteiger partial charge in [0.1, 0.15) is 0 Å². The lowest BCUT2D eigenvalue weighted by atomic mass is 10.1. The molecule has 1 N–H and O–H groups in total. The van der Waals surface area contributed by atoms with Gasteiger partial charge in [0.15, 0.2) is 5.82 Å². The molecule has 0 aliphatic rings. The molecule has 0 fully saturated rings. The zero-order valence-corrected chi connectivity index (χ0v) is 13.4. The highest BCUT2D eigenvalue weighted by atomic mass is 15.3. The second-order valence-corrected chi connectivity index (χ2v) is 5.63. The first-order valence-corrected chi connectivity index (χ1v) is 7.84. The summed E-state index contributed by atoms with van der Waals surface area (Å²) in [6, 6.07) is 14.5. The topological polar surface area (TPSA) is 55.6 Å². The molecule has 3 aromatic rings. The van der Waals surface area contributed by atoms with Crippen LogP contribution in [0.15, 0.2) is 61.1 Å². The highest BCUT2D eigenvalue weighted by Crippen LogP contribution is 2.14. The fraction of sp³-hybridized carbons (Fsp3) is 0.278. The van der Waals surface area contributed by atoms with Crippen LogP contribution in [-0.4, -0.2) is 25.8 Å². The molecule has 1 aromatic carbocycles. The van der Waals surface area contributed by atoms with Crippen molar-refractivity contribution in [3.8, 4) is 11.4 Å². The minimum Gasteiger partial charge on any atom is -0.307 e. The highest BCUT2D eigenvalue weighted by Gasteiger charge is 2.13. The lowest BCUT2D eigenvalue weighted by Crippen LogP contribution is -2.33. The van der Waals surface area contributed by atoms with Crippen LogP contribution >= 0.6 is 0 Å². The maximum Gasteiger partial charge on any atom is 0.159 e. The SMILES string of the molecule is C[C@H](NCc1ccnc(-c2ccccc2)n1)[C@H](C)n1cccn1. The number of hydrogen-bond acceptors (Lipinski definition) is 4. The van der Waals surface area contributed by atoms with Crippen LogP contribution in [-0.2, 0) is 6.54 Å². The number of rotatable bonds is 6. The van der Waals surface area contributed by atoms with Crippen molar-refractivity contribution in [2.75, 3.05) is 0 Å². The lowest BCUT2D eigenvalue weighted by Gasteiger charge is -2.21. The van der Waals surface area contributed by atoms with E-state index in [9.17, 15) is 0 Å². The minimum atomic E-state index is 0.278. The van der Waals surface area contributed by atoms with E-state index in [1.54, 1.807) is 6.20 Å². The Labute approximate surface area is 136 Å². The van der Waals surface area contributed by atoms with Gasteiger partial charge in [-0.05, 0) is 26.0 Å². The van der Waals surface area contributed by atoms with Crippen molar-refractivity contribution >= 4 is 0 Å². The first-order valence-electron chi connectivity index (χ1n) is 7.84. The molecule has 0 aliphatic carbocycles. The van der Waals surface area contributed by atoms with Crippen LogP contribution in [0.5, 0.6) is 0 Å². The fourth-order valence-corrected chi connectivity index (χ4v) is 2.41. The third-order valence-corrected chi connectivity index (χ3v) is 4.02. The lowest BCUT2D eigenvalue weighted by molar-refractivity contribution is 0.363. The zero-order valence-electron chi connectivity index (χ0n) is 13.4. The van der Waals surface area contributed by atoms with Crippen LogP contribution in [0.25, 0.3) is 11.4 Å². The van der Waals surface area contributed by atoms with E-state index in [4.69, 9.17) is 0 Å². The predicted octanol–water partition coefficient (Wildman–Crippen LogP) is 3.08. The summed E-state index contributed by atoms with van der Waals surface area (Å²) >= 11 is 0. The average Bonchev–Trinajstić information content (AvgIpc) is 3.14. The molecular formula is C18H21N5. The van der Waals surface area contributed by atoms with Gasteiger partial charge < -0.3 is 5.32 Å². The van der Waals surface area contributed by atoms with Crippen molar-refractivity contribution in [1.29, 1.82) is 0 Å². The summed E-state index contributed by atoms with van der Waals surface area (Å²) in [6.07, 6.45) is 5.61. The Bertz CT molecular complexity index is 724. The molecule has 0 radical (unpaired) electrons. The van der Waals surface area contributed by atoms with Crippen molar-refractivity contribution in [3.05, 3.63) is 66.7 Å². The van der Waals surface area contributed by atoms with E-state index in [-0.39, 0.29) is 12.1 Å². The molecule has 0 bridgehead atoms. The van der Waals surface area contributed by atoms with E-state index in [1.807, 2.05) is 59.5 Å². The number of nitrogens with one attached hydrogen (secondary N) is 1. The Morgan fingerprint density at radius 1 is 1.04 bits per heavy atom. The number of hydrogen-bond donors (Lipinski definition) is 1. The smallest absolute Gasteiger partial charge is 0.159 e. The summed E-state index contributed by atoms with van der Waals surface area (Å²) in [6.45, 7) is 5.01. The van der Waals surface area contributed by atoms with Crippen molar-refractivity contribution in [1.82, 2.24) is 25.1 Å². The van der Waals surface area contributed by atoms with Gasteiger partial charge in [0.25, 0.3) is 0 Å². The summed E-state index contributed by atoms with van der Waals surface area (Å²) < 4.78 is 1.97. The highest BCUT2D eigenvalue weighted by molar-refractivity contribution is 5.54. The molecule has 5 nitrogen and oxygen atoms in total. The molecule has 118 valence electrons. The van der Waals surface area contributed by atoms with E-state index in [1.165, 1.54) is 0 Å². The molecule has 0 aliphatic heterocycles. The average molecular weight is 307 g/mol. The van der Waals surface area contributed by atoms with Crippen LogP contribution in [0.4, 0.5) is 0 Å². The molecule has 0 saturated carbocycles. The molecule has 2 atom stereocenters. The van der Waals surface area contributed by atoms with Crippen molar-refractivity contribution in [2.24, 2.45) is 0 Å². The number of aromatic nitrogens is 4. The molecule has 2 heterocycles. The second-order valence-electron chi connectivity index (χ2n) is 5.63. The molecule has 0 spiro atoms. The second kappa shape index (κ2) is 7.15. The van der Waals surface area contributed by atoms with Gasteiger partial charge in [-0.2, -0.15) is 5.10 Å². The first kappa shape index (κ1) is 15.4. The summed E-state index contributed by atoms with van der Waals surface area (Å²) in [5.41, 5.74) is 2.02. The monoisotopic (exact) mass is 307 g/mol. The molecule has 23 heavy (non-hydrogen) atoms. The van der Waals surface area contributed by atoms with Gasteiger partial charge in [-0.3, -0.25) is 4.68 Å². The molecular weight excluding hydrogens is 286 g/mol. The first-order chi connectivity index (χ1) is 11.2. The number of benzene rings is 1. The van der Waals surface area contributed by atoms with Gasteiger partial charge in [-0.1, -0.05) is 30.3 Å². The van der Waals surface area contributed by atoms with Crippen molar-refractivity contribution < 1.29 is 0 Å². The molecule has 2 aromatic heterocycles. The summed E-state index contributed by atoms with van der Waals surface area (Å²) in [4.78, 5) is 9.00. The third kappa shape index (κ3) is 3.81. The summed E-state index contributed by atoms with van der Waals surface area (Å²) in [5.74, 6) is 0.762. The minimum absolute atomic E-state index is 0.278. The van der Waals surface area contributed by atoms with Gasteiger partial charge >= 0.3 is 0 Å². The summed E-state index contributed by atoms with van der Waals surface area (Å²) in [7, 11) is 0. The van der Waals surface area contributed by atoms with Crippen LogP contribution in [0.2, 0.25) is 0 Å². The van der Waals surface area contributed by atoms with Crippen molar-refractivity contribution in [2.45, 2.75) is 32.5 Å². The standard InChI is InChI=1S/C18H21N5/c1-14(15(2)23-12-6-10-21-23)20-13-17-9-11-19-18(22-17)16-7-4-3-5-8-16/h3-12,14-15,20H,13H2,1-2H3/t14-,15-/m0/s1. The van der Waals surface area contributed by atoms with E-state index >= 15 is 0 Å². The Balaban J connectivity index is 1.64. The van der Waals surface area contributed by atoms with Crippen LogP contribution in [0.1, 0.15) is 25.6 Å². The Morgan fingerprint density at radius 3 is 2.61 bits per heavy atom. The quantitative estimate of drug-likeness (QED) is 0.760. The van der Waals surface area contributed by atoms with Crippen molar-refractivity contribution in [3.63, 3.8) is 0 Å². The van der Waals surface area contributed by atoms with E-state index < -0.39 is 0 Å². The van der Waals surface area contributed by atoms with Crippen LogP contribution in [0.3, 0.4) is 0 Å². The third-order valence-electron chi connectivity index (χ3n) is 4.02. The van der Waals surface area contributed by atoms with Gasteiger partial charge in [-0.15, -0.1) is 0 Å². The largest absolute Gasteiger partial charge is 0.307 e. The maximum absolute atomic E-state index is 4.64. The normalized spacial score (nSPS) is 13.7.